The van der Waals surface area contributed by atoms with Gasteiger partial charge >= 0.3 is 0 Å². The zero-order valence-corrected chi connectivity index (χ0v) is 8.81. The van der Waals surface area contributed by atoms with Crippen molar-refractivity contribution in [2.45, 2.75) is 37.8 Å². The summed E-state index contributed by atoms with van der Waals surface area (Å²) in [6, 6.07) is 0.879. The molecule has 0 aromatic carbocycles. The van der Waals surface area contributed by atoms with Gasteiger partial charge in [0.1, 0.15) is 0 Å². The molecule has 0 aromatic rings. The van der Waals surface area contributed by atoms with Crippen LogP contribution in [0, 0.1) is 0 Å². The maximum atomic E-state index is 5.64. The minimum Gasteiger partial charge on any atom is -0.328 e. The highest BCUT2D eigenvalue weighted by atomic mass is 35.5. The molecule has 0 bridgehead atoms. The molecule has 0 aliphatic heterocycles. The molecule has 0 radical (unpaired) electrons. The lowest BCUT2D eigenvalue weighted by Crippen LogP contribution is -2.33. The predicted octanol–water partition coefficient (Wildman–Crippen LogP) is 1.48. The van der Waals surface area contributed by atoms with Crippen molar-refractivity contribution in [1.29, 1.82) is 0 Å². The monoisotopic (exact) mass is 222 g/mol. The van der Waals surface area contributed by atoms with Crippen LogP contribution in [-0.2, 0) is 0 Å². The molecule has 1 aliphatic carbocycles. The van der Waals surface area contributed by atoms with Crippen molar-refractivity contribution < 1.29 is 0 Å². The summed E-state index contributed by atoms with van der Waals surface area (Å²) in [4.78, 5) is 0. The highest BCUT2D eigenvalue weighted by molar-refractivity contribution is 5.86. The Morgan fingerprint density at radius 3 is 1.00 bits per heavy atom. The van der Waals surface area contributed by atoms with Gasteiger partial charge in [0, 0.05) is 12.1 Å². The maximum absolute atomic E-state index is 5.64. The average Bonchev–Trinajstić information content (AvgIpc) is 1.77. The number of rotatable bonds is 0. The molecule has 72 valence electrons. The van der Waals surface area contributed by atoms with Crippen molar-refractivity contribution in [1.82, 2.24) is 0 Å². The molecule has 1 fully saturated rings. The molecule has 2 nitrogen and oxygen atoms in total. The molecule has 4 N–H and O–H groups in total. The van der Waals surface area contributed by atoms with Crippen LogP contribution in [0.3, 0.4) is 0 Å². The van der Waals surface area contributed by atoms with Crippen LogP contribution in [0.2, 0.25) is 0 Å². The molecular formula is C6H17Cl3N2. The summed E-state index contributed by atoms with van der Waals surface area (Å²) in [7, 11) is 0. The Morgan fingerprint density at radius 1 is 0.636 bits per heavy atom. The Balaban J connectivity index is -0.000000213. The van der Waals surface area contributed by atoms with Crippen LogP contribution in [0.1, 0.15) is 25.7 Å². The van der Waals surface area contributed by atoms with Crippen molar-refractivity contribution in [2.75, 3.05) is 0 Å². The van der Waals surface area contributed by atoms with E-state index < -0.39 is 0 Å². The van der Waals surface area contributed by atoms with E-state index in [-0.39, 0.29) is 37.2 Å². The maximum Gasteiger partial charge on any atom is 0.00399 e. The van der Waals surface area contributed by atoms with Crippen LogP contribution in [0.5, 0.6) is 0 Å². The summed E-state index contributed by atoms with van der Waals surface area (Å²) < 4.78 is 0. The molecule has 1 aliphatic rings. The van der Waals surface area contributed by atoms with Crippen LogP contribution >= 0.6 is 37.2 Å². The fourth-order valence-electron chi connectivity index (χ4n) is 1.14. The molecule has 11 heavy (non-hydrogen) atoms. The summed E-state index contributed by atoms with van der Waals surface area (Å²) >= 11 is 0. The van der Waals surface area contributed by atoms with Gasteiger partial charge in [0.25, 0.3) is 0 Å². The minimum atomic E-state index is 0. The van der Waals surface area contributed by atoms with E-state index in [0.717, 1.165) is 25.7 Å². The lowest BCUT2D eigenvalue weighted by Gasteiger charge is -2.22. The topological polar surface area (TPSA) is 52.0 Å². The number of hydrogen-bond acceptors (Lipinski definition) is 2. The third-order valence-corrected chi connectivity index (χ3v) is 1.82. The number of nitrogens with two attached hydrogens (primary N) is 2. The lowest BCUT2D eigenvalue weighted by molar-refractivity contribution is 0.395. The Morgan fingerprint density at radius 2 is 0.818 bits per heavy atom. The van der Waals surface area contributed by atoms with Gasteiger partial charge in [0.15, 0.2) is 0 Å². The van der Waals surface area contributed by atoms with Gasteiger partial charge in [0.2, 0.25) is 0 Å². The van der Waals surface area contributed by atoms with Crippen molar-refractivity contribution in [2.24, 2.45) is 11.5 Å². The highest BCUT2D eigenvalue weighted by Crippen LogP contribution is 2.14. The van der Waals surface area contributed by atoms with Crippen LogP contribution in [0.4, 0.5) is 0 Å². The van der Waals surface area contributed by atoms with Gasteiger partial charge < -0.3 is 11.5 Å². The van der Waals surface area contributed by atoms with E-state index in [2.05, 4.69) is 0 Å². The van der Waals surface area contributed by atoms with Gasteiger partial charge in [-0.15, -0.1) is 37.2 Å². The zero-order valence-electron chi connectivity index (χ0n) is 6.36. The van der Waals surface area contributed by atoms with Gasteiger partial charge in [-0.2, -0.15) is 0 Å². The highest BCUT2D eigenvalue weighted by Gasteiger charge is 2.13. The first-order valence-corrected chi connectivity index (χ1v) is 3.30. The van der Waals surface area contributed by atoms with Crippen molar-refractivity contribution in [3.05, 3.63) is 0 Å². The summed E-state index contributed by atoms with van der Waals surface area (Å²) in [5, 5.41) is 0. The molecule has 0 aromatic heterocycles. The molecule has 0 atom stereocenters. The van der Waals surface area contributed by atoms with Gasteiger partial charge in [-0.25, -0.2) is 0 Å². The van der Waals surface area contributed by atoms with Gasteiger partial charge in [-0.1, -0.05) is 0 Å². The molecule has 0 heterocycles. The summed E-state index contributed by atoms with van der Waals surface area (Å²) in [5.41, 5.74) is 11.3. The molecule has 1 rings (SSSR count). The second kappa shape index (κ2) is 8.88. The van der Waals surface area contributed by atoms with Crippen molar-refractivity contribution >= 4 is 37.2 Å². The summed E-state index contributed by atoms with van der Waals surface area (Å²) in [5.74, 6) is 0. The Bertz CT molecular complexity index is 64.2. The van der Waals surface area contributed by atoms with E-state index in [9.17, 15) is 0 Å². The largest absolute Gasteiger partial charge is 0.328 e. The Labute approximate surface area is 86.7 Å². The second-order valence-corrected chi connectivity index (χ2v) is 2.67. The molecule has 0 saturated heterocycles. The summed E-state index contributed by atoms with van der Waals surface area (Å²) in [6.07, 6.45) is 4.50. The van der Waals surface area contributed by atoms with Gasteiger partial charge in [-0.05, 0) is 25.7 Å². The van der Waals surface area contributed by atoms with Crippen molar-refractivity contribution in [3.8, 4) is 0 Å². The van der Waals surface area contributed by atoms with Crippen LogP contribution in [-0.4, -0.2) is 12.1 Å². The van der Waals surface area contributed by atoms with E-state index in [1.165, 1.54) is 0 Å². The first-order chi connectivity index (χ1) is 3.79. The predicted molar refractivity (Wildman–Crippen MR) is 56.2 cm³/mol. The zero-order chi connectivity index (χ0) is 5.98. The molecule has 0 amide bonds. The third-order valence-electron chi connectivity index (χ3n) is 1.82. The quantitative estimate of drug-likeness (QED) is 0.654. The van der Waals surface area contributed by atoms with E-state index in [4.69, 9.17) is 11.5 Å². The fourth-order valence-corrected chi connectivity index (χ4v) is 1.14. The van der Waals surface area contributed by atoms with Crippen LogP contribution < -0.4 is 11.5 Å². The first-order valence-electron chi connectivity index (χ1n) is 3.30. The molecule has 1 saturated carbocycles. The van der Waals surface area contributed by atoms with Crippen molar-refractivity contribution in [3.63, 3.8) is 0 Å². The van der Waals surface area contributed by atoms with Gasteiger partial charge in [-0.3, -0.25) is 0 Å². The fraction of sp³-hybridized carbons (Fsp3) is 1.00. The van der Waals surface area contributed by atoms with E-state index in [1.54, 1.807) is 0 Å². The second-order valence-electron chi connectivity index (χ2n) is 2.67. The molecular weight excluding hydrogens is 206 g/mol. The van der Waals surface area contributed by atoms with E-state index in [0.29, 0.717) is 12.1 Å². The first kappa shape index (κ1) is 17.8. The van der Waals surface area contributed by atoms with Crippen LogP contribution in [0.25, 0.3) is 0 Å². The molecule has 5 heteroatoms. The van der Waals surface area contributed by atoms with E-state index in [1.807, 2.05) is 0 Å². The SMILES string of the molecule is Cl.Cl.Cl.NC1CCC(N)CC1. The Kier molecular flexibility index (Phi) is 14.3. The van der Waals surface area contributed by atoms with Gasteiger partial charge in [0.05, 0.1) is 0 Å². The lowest BCUT2D eigenvalue weighted by atomic mass is 9.93. The summed E-state index contributed by atoms with van der Waals surface area (Å²) in [6.45, 7) is 0. The molecule has 0 spiro atoms. The number of hydrogen-bond donors (Lipinski definition) is 2. The Hall–Kier alpha value is 0.790. The standard InChI is InChI=1S/C6H14N2.3ClH/c7-5-1-2-6(8)4-3-5;;;/h5-6H,1-4,7-8H2;3*1H. The normalized spacial score (nSPS) is 28.9. The smallest absolute Gasteiger partial charge is 0.00399 e. The minimum absolute atomic E-state index is 0. The van der Waals surface area contributed by atoms with Crippen LogP contribution in [0.15, 0.2) is 0 Å². The number of halogens is 3. The third kappa shape index (κ3) is 7.16. The molecule has 0 unspecified atom stereocenters. The average molecular weight is 224 g/mol. The van der Waals surface area contributed by atoms with E-state index >= 15 is 0 Å².